The molecule has 0 radical (unpaired) electrons. The summed E-state index contributed by atoms with van der Waals surface area (Å²) >= 11 is 0. The predicted molar refractivity (Wildman–Crippen MR) is 169 cm³/mol. The average Bonchev–Trinajstić information content (AvgIpc) is 3.37. The molecule has 42 heavy (non-hydrogen) atoms. The van der Waals surface area contributed by atoms with Crippen molar-refractivity contribution in [2.45, 2.75) is 44.6 Å². The van der Waals surface area contributed by atoms with Crippen molar-refractivity contribution in [3.63, 3.8) is 0 Å². The first-order chi connectivity index (χ1) is 20.6. The van der Waals surface area contributed by atoms with Crippen LogP contribution in [0.5, 0.6) is 0 Å². The summed E-state index contributed by atoms with van der Waals surface area (Å²) in [4.78, 5) is 7.21. The maximum absolute atomic E-state index is 6.44. The van der Waals surface area contributed by atoms with Crippen molar-refractivity contribution in [2.75, 3.05) is 32.3 Å². The highest BCUT2D eigenvalue weighted by Crippen LogP contribution is 2.43. The van der Waals surface area contributed by atoms with Crippen LogP contribution in [0.4, 0.5) is 5.69 Å². The Balaban J connectivity index is 1.32. The molecule has 0 amide bonds. The van der Waals surface area contributed by atoms with Crippen LogP contribution in [0.25, 0.3) is 0 Å². The van der Waals surface area contributed by atoms with Gasteiger partial charge < -0.3 is 19.3 Å². The van der Waals surface area contributed by atoms with Gasteiger partial charge in [0, 0.05) is 38.3 Å². The summed E-state index contributed by atoms with van der Waals surface area (Å²) in [6, 6.07) is 19.5. The third kappa shape index (κ3) is 4.67. The van der Waals surface area contributed by atoms with Crippen molar-refractivity contribution in [2.24, 2.45) is 0 Å². The average molecular weight is 558 g/mol. The van der Waals surface area contributed by atoms with E-state index in [-0.39, 0.29) is 18.8 Å². The van der Waals surface area contributed by atoms with Gasteiger partial charge >= 0.3 is 0 Å². The molecule has 214 valence electrons. The van der Waals surface area contributed by atoms with Crippen LogP contribution < -0.4 is 4.90 Å². The Hall–Kier alpha value is -4.38. The second-order valence-electron chi connectivity index (χ2n) is 11.7. The van der Waals surface area contributed by atoms with E-state index in [4.69, 9.17) is 9.47 Å². The third-order valence-corrected chi connectivity index (χ3v) is 9.18. The molecule has 5 nitrogen and oxygen atoms in total. The number of ether oxygens (including phenoxy) is 2. The molecule has 5 heteroatoms. The molecule has 4 aliphatic heterocycles. The van der Waals surface area contributed by atoms with Gasteiger partial charge in [0.2, 0.25) is 12.7 Å². The van der Waals surface area contributed by atoms with Gasteiger partial charge in [-0.1, -0.05) is 85.8 Å². The summed E-state index contributed by atoms with van der Waals surface area (Å²) in [5, 5.41) is 0. The lowest BCUT2D eigenvalue weighted by Gasteiger charge is -2.43. The van der Waals surface area contributed by atoms with Crippen LogP contribution in [0.1, 0.15) is 43.2 Å². The minimum absolute atomic E-state index is 0.122. The highest BCUT2D eigenvalue weighted by Gasteiger charge is 2.36. The molecule has 0 spiro atoms. The second kappa shape index (κ2) is 11.1. The summed E-state index contributed by atoms with van der Waals surface area (Å²) < 4.78 is 12.3. The Labute approximate surface area is 249 Å². The Kier molecular flexibility index (Phi) is 7.02. The Morgan fingerprint density at radius 3 is 2.62 bits per heavy atom. The van der Waals surface area contributed by atoms with Gasteiger partial charge in [0.05, 0.1) is 18.0 Å². The van der Waals surface area contributed by atoms with E-state index in [1.54, 1.807) is 0 Å². The summed E-state index contributed by atoms with van der Waals surface area (Å²) in [7, 11) is 4.46. The Morgan fingerprint density at radius 1 is 0.905 bits per heavy atom. The molecule has 0 aromatic heterocycles. The van der Waals surface area contributed by atoms with Crippen molar-refractivity contribution in [3.8, 4) is 0 Å². The smallest absolute Gasteiger partial charge is 0.231 e. The predicted octanol–water partition coefficient (Wildman–Crippen LogP) is 7.53. The van der Waals surface area contributed by atoms with Gasteiger partial charge in [0.25, 0.3) is 0 Å². The molecule has 2 aromatic rings. The summed E-state index contributed by atoms with van der Waals surface area (Å²) in [6.45, 7) is 3.34. The van der Waals surface area contributed by atoms with E-state index in [1.165, 1.54) is 45.1 Å². The third-order valence-electron chi connectivity index (χ3n) is 9.18. The van der Waals surface area contributed by atoms with Gasteiger partial charge in [-0.15, -0.1) is 0 Å². The van der Waals surface area contributed by atoms with Crippen LogP contribution in [-0.2, 0) is 15.9 Å². The topological polar surface area (TPSA) is 28.2 Å². The maximum Gasteiger partial charge on any atom is 0.231 e. The highest BCUT2D eigenvalue weighted by molar-refractivity contribution is 5.66. The number of anilines is 1. The molecular formula is C37H39N3O2. The zero-order chi connectivity index (χ0) is 28.6. The van der Waals surface area contributed by atoms with E-state index in [0.717, 1.165) is 43.7 Å². The zero-order valence-electron chi connectivity index (χ0n) is 24.8. The zero-order valence-corrected chi connectivity index (χ0v) is 24.8. The first kappa shape index (κ1) is 26.5. The lowest BCUT2D eigenvalue weighted by Crippen LogP contribution is -2.44. The molecule has 0 saturated heterocycles. The summed E-state index contributed by atoms with van der Waals surface area (Å²) in [6.07, 6.45) is 20.0. The monoisotopic (exact) mass is 557 g/mol. The molecule has 0 saturated carbocycles. The van der Waals surface area contributed by atoms with Crippen LogP contribution in [0.2, 0.25) is 0 Å². The van der Waals surface area contributed by atoms with Gasteiger partial charge in [-0.25, -0.2) is 0 Å². The van der Waals surface area contributed by atoms with E-state index >= 15 is 0 Å². The number of fused-ring (bicyclic) bond motifs is 1. The minimum atomic E-state index is 0.122. The number of benzene rings is 2. The highest BCUT2D eigenvalue weighted by atomic mass is 16.7. The minimum Gasteiger partial charge on any atom is -0.465 e. The largest absolute Gasteiger partial charge is 0.465 e. The quantitative estimate of drug-likeness (QED) is 0.388. The summed E-state index contributed by atoms with van der Waals surface area (Å²) in [5.41, 5.74) is 10.4. The van der Waals surface area contributed by atoms with Gasteiger partial charge in [-0.2, -0.15) is 0 Å². The lowest BCUT2D eigenvalue weighted by molar-refractivity contribution is 0.0291. The fraction of sp³-hybridized carbons (Fsp3) is 0.297. The van der Waals surface area contributed by atoms with E-state index in [9.17, 15) is 0 Å². The van der Waals surface area contributed by atoms with Crippen molar-refractivity contribution < 1.29 is 9.47 Å². The van der Waals surface area contributed by atoms with E-state index in [2.05, 4.69) is 127 Å². The first-order valence-corrected chi connectivity index (χ1v) is 15.1. The second-order valence-corrected chi connectivity index (χ2v) is 11.7. The first-order valence-electron chi connectivity index (χ1n) is 15.1. The summed E-state index contributed by atoms with van der Waals surface area (Å²) in [5.74, 6) is 2.12. The Bertz CT molecular complexity index is 1590. The molecule has 1 aliphatic carbocycles. The number of hydrogen-bond donors (Lipinski definition) is 0. The molecule has 7 rings (SSSR count). The number of para-hydroxylation sites is 1. The van der Waals surface area contributed by atoms with Gasteiger partial charge in [0.15, 0.2) is 0 Å². The van der Waals surface area contributed by atoms with Crippen molar-refractivity contribution in [1.82, 2.24) is 9.80 Å². The molecule has 2 aromatic carbocycles. The van der Waals surface area contributed by atoms with Crippen molar-refractivity contribution in [1.29, 1.82) is 0 Å². The van der Waals surface area contributed by atoms with Gasteiger partial charge in [-0.05, 0) is 65.2 Å². The maximum atomic E-state index is 6.44. The van der Waals surface area contributed by atoms with Crippen LogP contribution in [0.3, 0.4) is 0 Å². The number of nitrogens with zero attached hydrogens (tertiary/aromatic N) is 3. The fourth-order valence-electron chi connectivity index (χ4n) is 6.97. The number of allylic oxidation sites excluding steroid dienone is 7. The molecule has 0 bridgehead atoms. The van der Waals surface area contributed by atoms with E-state index in [1.807, 2.05) is 6.26 Å². The molecule has 1 unspecified atom stereocenters. The number of hydrogen-bond acceptors (Lipinski definition) is 5. The van der Waals surface area contributed by atoms with E-state index < -0.39 is 0 Å². The van der Waals surface area contributed by atoms with E-state index in [0.29, 0.717) is 0 Å². The molecule has 5 aliphatic rings. The van der Waals surface area contributed by atoms with Crippen LogP contribution in [0.15, 0.2) is 137 Å². The number of likely N-dealkylation sites (N-methyl/N-ethyl adjacent to an activating group) is 2. The standard InChI is InChI=1S/C37H39N3O2/c1-26(27-11-5-4-6-12-27)31-23-35(42-25-41-24-31)40-33-17-8-7-13-28(33)18-19-30-20-21-34(39(3)37(30)40)32-16-9-14-29-15-10-22-38(2)36(29)32/h4-8,10-13,15-17,20-21,23-24,26,34H,9,14,18-19,22,25H2,1-3H3/t26?,34-/m0/s1. The molecule has 0 fully saturated rings. The molecular weight excluding hydrogens is 518 g/mol. The van der Waals surface area contributed by atoms with Crippen LogP contribution in [-0.4, -0.2) is 43.3 Å². The normalized spacial score (nSPS) is 22.5. The number of aryl methyl sites for hydroxylation is 1. The Morgan fingerprint density at radius 2 is 1.74 bits per heavy atom. The van der Waals surface area contributed by atoms with Crippen LogP contribution >= 0.6 is 0 Å². The van der Waals surface area contributed by atoms with Crippen molar-refractivity contribution in [3.05, 3.63) is 148 Å². The van der Waals surface area contributed by atoms with Gasteiger partial charge in [-0.3, -0.25) is 4.90 Å². The molecule has 4 heterocycles. The lowest BCUT2D eigenvalue weighted by atomic mass is 9.86. The SMILES string of the molecule is CC(C1=COCOC(N2C3=C(C=C[C@@H](C4=CCCC5=C4N(C)CC=C5)N3C)CCc3ccccc32)=C1)c1ccccc1. The van der Waals surface area contributed by atoms with Gasteiger partial charge in [0.1, 0.15) is 5.82 Å². The van der Waals surface area contributed by atoms with Crippen molar-refractivity contribution >= 4 is 5.69 Å². The van der Waals surface area contributed by atoms with Crippen LogP contribution in [0, 0.1) is 0 Å². The fourth-order valence-corrected chi connectivity index (χ4v) is 6.97. The number of rotatable bonds is 4. The molecule has 0 N–H and O–H groups in total. The molecule has 2 atom stereocenters.